The molecule has 1 aromatic carbocycles. The molecule has 0 spiro atoms. The highest BCUT2D eigenvalue weighted by Crippen LogP contribution is 2.22. The quantitative estimate of drug-likeness (QED) is 0.578. The molecule has 0 radical (unpaired) electrons. The SMILES string of the molecule is O=c1[nH]c(CSc2nncn2-c2ccccc2)nc2ccsc12. The minimum Gasteiger partial charge on any atom is -0.309 e. The second-order valence-corrected chi connectivity index (χ2v) is 6.61. The summed E-state index contributed by atoms with van der Waals surface area (Å²) < 4.78 is 2.57. The van der Waals surface area contributed by atoms with E-state index in [1.807, 2.05) is 46.3 Å². The molecule has 4 rings (SSSR count). The number of aromatic amines is 1. The number of hydrogen-bond donors (Lipinski definition) is 1. The summed E-state index contributed by atoms with van der Waals surface area (Å²) in [6, 6.07) is 11.7. The number of hydrogen-bond acceptors (Lipinski definition) is 6. The Hall–Kier alpha value is -2.45. The Balaban J connectivity index is 1.60. The first-order valence-corrected chi connectivity index (χ1v) is 8.72. The fourth-order valence-corrected chi connectivity index (χ4v) is 3.74. The van der Waals surface area contributed by atoms with E-state index >= 15 is 0 Å². The summed E-state index contributed by atoms with van der Waals surface area (Å²) in [6.45, 7) is 0. The van der Waals surface area contributed by atoms with Crippen molar-refractivity contribution in [1.82, 2.24) is 24.7 Å². The summed E-state index contributed by atoms with van der Waals surface area (Å²) in [7, 11) is 0. The smallest absolute Gasteiger partial charge is 0.268 e. The molecule has 3 aromatic heterocycles. The molecular weight excluding hydrogens is 330 g/mol. The van der Waals surface area contributed by atoms with Gasteiger partial charge in [-0.2, -0.15) is 0 Å². The molecule has 0 aliphatic carbocycles. The highest BCUT2D eigenvalue weighted by Gasteiger charge is 2.10. The Labute approximate surface area is 139 Å². The van der Waals surface area contributed by atoms with Crippen molar-refractivity contribution in [3.8, 4) is 5.69 Å². The molecule has 6 nitrogen and oxygen atoms in total. The maximum atomic E-state index is 12.0. The van der Waals surface area contributed by atoms with Crippen LogP contribution in [0.3, 0.4) is 0 Å². The van der Waals surface area contributed by atoms with Crippen LogP contribution in [-0.4, -0.2) is 24.7 Å². The summed E-state index contributed by atoms with van der Waals surface area (Å²) in [5.41, 5.74) is 1.64. The second kappa shape index (κ2) is 5.98. The third kappa shape index (κ3) is 2.78. The van der Waals surface area contributed by atoms with Crippen LogP contribution in [0.25, 0.3) is 15.9 Å². The molecule has 3 heterocycles. The fraction of sp³-hybridized carbons (Fsp3) is 0.0667. The molecule has 114 valence electrons. The van der Waals surface area contributed by atoms with Gasteiger partial charge in [-0.15, -0.1) is 21.5 Å². The minimum atomic E-state index is -0.0925. The van der Waals surface area contributed by atoms with Crippen LogP contribution in [-0.2, 0) is 5.75 Å². The van der Waals surface area contributed by atoms with Crippen LogP contribution in [0.2, 0.25) is 0 Å². The van der Waals surface area contributed by atoms with Crippen molar-refractivity contribution in [3.63, 3.8) is 0 Å². The second-order valence-electron chi connectivity index (χ2n) is 4.76. The van der Waals surface area contributed by atoms with Gasteiger partial charge in [0.2, 0.25) is 0 Å². The van der Waals surface area contributed by atoms with Crippen LogP contribution >= 0.6 is 23.1 Å². The Bertz CT molecular complexity index is 1010. The maximum Gasteiger partial charge on any atom is 0.268 e. The van der Waals surface area contributed by atoms with E-state index in [9.17, 15) is 4.79 Å². The molecule has 8 heteroatoms. The number of thioether (sulfide) groups is 1. The van der Waals surface area contributed by atoms with E-state index in [0.29, 0.717) is 16.3 Å². The first kappa shape index (κ1) is 14.2. The lowest BCUT2D eigenvalue weighted by molar-refractivity contribution is 0.881. The zero-order valence-corrected chi connectivity index (χ0v) is 13.5. The number of nitrogens with zero attached hydrogens (tertiary/aromatic N) is 4. The third-order valence-corrected chi connectivity index (χ3v) is 5.11. The Morgan fingerprint density at radius 2 is 2.09 bits per heavy atom. The zero-order valence-electron chi connectivity index (χ0n) is 11.8. The van der Waals surface area contributed by atoms with Crippen molar-refractivity contribution in [2.24, 2.45) is 0 Å². The molecule has 0 unspecified atom stereocenters. The van der Waals surface area contributed by atoms with Crippen molar-refractivity contribution >= 4 is 33.3 Å². The normalized spacial score (nSPS) is 11.1. The number of thiophene rings is 1. The van der Waals surface area contributed by atoms with Crippen LogP contribution in [0.5, 0.6) is 0 Å². The average Bonchev–Trinajstić information content (AvgIpc) is 3.23. The van der Waals surface area contributed by atoms with Gasteiger partial charge >= 0.3 is 0 Å². The standard InChI is InChI=1S/C15H11N5OS2/c21-14-13-11(6-7-22-13)17-12(18-14)8-23-15-19-16-9-20(15)10-4-2-1-3-5-10/h1-7,9H,8H2,(H,17,18,21). The van der Waals surface area contributed by atoms with Gasteiger partial charge < -0.3 is 4.98 Å². The molecule has 0 aliphatic rings. The lowest BCUT2D eigenvalue weighted by Gasteiger charge is -2.05. The fourth-order valence-electron chi connectivity index (χ4n) is 2.21. The number of rotatable bonds is 4. The molecule has 0 amide bonds. The predicted molar refractivity (Wildman–Crippen MR) is 91.2 cm³/mol. The van der Waals surface area contributed by atoms with Gasteiger partial charge in [0, 0.05) is 5.69 Å². The molecular formula is C15H11N5OS2. The van der Waals surface area contributed by atoms with Crippen molar-refractivity contribution in [2.45, 2.75) is 10.9 Å². The van der Waals surface area contributed by atoms with Gasteiger partial charge in [-0.25, -0.2) is 4.98 Å². The van der Waals surface area contributed by atoms with E-state index in [-0.39, 0.29) is 5.56 Å². The lowest BCUT2D eigenvalue weighted by atomic mass is 10.3. The van der Waals surface area contributed by atoms with Crippen molar-refractivity contribution in [3.05, 3.63) is 64.3 Å². The van der Waals surface area contributed by atoms with Crippen LogP contribution in [0.4, 0.5) is 0 Å². The van der Waals surface area contributed by atoms with Crippen molar-refractivity contribution < 1.29 is 0 Å². The molecule has 0 saturated carbocycles. The van der Waals surface area contributed by atoms with Crippen LogP contribution in [0, 0.1) is 0 Å². The summed E-state index contributed by atoms with van der Waals surface area (Å²) in [5, 5.41) is 10.7. The van der Waals surface area contributed by atoms with E-state index < -0.39 is 0 Å². The first-order chi connectivity index (χ1) is 11.3. The van der Waals surface area contributed by atoms with Gasteiger partial charge in [-0.05, 0) is 23.6 Å². The number of H-pyrrole nitrogens is 1. The Morgan fingerprint density at radius 3 is 2.96 bits per heavy atom. The number of benzene rings is 1. The molecule has 0 fully saturated rings. The highest BCUT2D eigenvalue weighted by molar-refractivity contribution is 7.98. The average molecular weight is 341 g/mol. The monoisotopic (exact) mass is 341 g/mol. The summed E-state index contributed by atoms with van der Waals surface area (Å²) >= 11 is 2.88. The van der Waals surface area contributed by atoms with Gasteiger partial charge in [0.15, 0.2) is 5.16 Å². The number of fused-ring (bicyclic) bond motifs is 1. The van der Waals surface area contributed by atoms with E-state index in [1.165, 1.54) is 23.1 Å². The largest absolute Gasteiger partial charge is 0.309 e. The van der Waals surface area contributed by atoms with Crippen molar-refractivity contribution in [1.29, 1.82) is 0 Å². The van der Waals surface area contributed by atoms with Crippen LogP contribution in [0.15, 0.2) is 58.1 Å². The highest BCUT2D eigenvalue weighted by atomic mass is 32.2. The molecule has 0 saturated heterocycles. The number of para-hydroxylation sites is 1. The van der Waals surface area contributed by atoms with Gasteiger partial charge in [-0.1, -0.05) is 30.0 Å². The number of aromatic nitrogens is 5. The first-order valence-electron chi connectivity index (χ1n) is 6.86. The lowest BCUT2D eigenvalue weighted by Crippen LogP contribution is -2.09. The minimum absolute atomic E-state index is 0.0925. The summed E-state index contributed by atoms with van der Waals surface area (Å²) in [5.74, 6) is 1.15. The van der Waals surface area contributed by atoms with Crippen LogP contribution in [0.1, 0.15) is 5.82 Å². The van der Waals surface area contributed by atoms with Gasteiger partial charge in [0.25, 0.3) is 5.56 Å². The van der Waals surface area contributed by atoms with Gasteiger partial charge in [0.05, 0.1) is 11.3 Å². The maximum absolute atomic E-state index is 12.0. The van der Waals surface area contributed by atoms with Gasteiger partial charge in [0.1, 0.15) is 16.9 Å². The van der Waals surface area contributed by atoms with E-state index in [2.05, 4.69) is 20.2 Å². The molecule has 0 aliphatic heterocycles. The van der Waals surface area contributed by atoms with Gasteiger partial charge in [-0.3, -0.25) is 9.36 Å². The topological polar surface area (TPSA) is 76.5 Å². The Kier molecular flexibility index (Phi) is 3.68. The Morgan fingerprint density at radius 1 is 1.22 bits per heavy atom. The molecule has 4 aromatic rings. The summed E-state index contributed by atoms with van der Waals surface area (Å²) in [6.07, 6.45) is 1.68. The molecule has 0 bridgehead atoms. The predicted octanol–water partition coefficient (Wildman–Crippen LogP) is 2.86. The summed E-state index contributed by atoms with van der Waals surface area (Å²) in [4.78, 5) is 19.3. The zero-order chi connectivity index (χ0) is 15.6. The van der Waals surface area contributed by atoms with E-state index in [4.69, 9.17) is 0 Å². The number of nitrogens with one attached hydrogen (secondary N) is 1. The van der Waals surface area contributed by atoms with E-state index in [0.717, 1.165) is 16.4 Å². The third-order valence-electron chi connectivity index (χ3n) is 3.25. The molecule has 1 N–H and O–H groups in total. The molecule has 23 heavy (non-hydrogen) atoms. The van der Waals surface area contributed by atoms with Crippen LogP contribution < -0.4 is 5.56 Å². The van der Waals surface area contributed by atoms with E-state index in [1.54, 1.807) is 6.33 Å². The van der Waals surface area contributed by atoms with Crippen molar-refractivity contribution in [2.75, 3.05) is 0 Å². The molecule has 0 atom stereocenters.